The number of pyridine rings is 1. The van der Waals surface area contributed by atoms with E-state index in [1.807, 2.05) is 79.1 Å². The van der Waals surface area contributed by atoms with Gasteiger partial charge in [0.05, 0.1) is 47.9 Å². The van der Waals surface area contributed by atoms with E-state index in [0.29, 0.717) is 42.4 Å². The zero-order valence-corrected chi connectivity index (χ0v) is 46.5. The first-order valence-electron chi connectivity index (χ1n) is 25.1. The van der Waals surface area contributed by atoms with Crippen molar-refractivity contribution in [3.05, 3.63) is 36.4 Å². The number of ether oxygens (including phenoxy) is 8. The number of nitrogens with two attached hydrogens (primary N) is 1. The predicted octanol–water partition coefficient (Wildman–Crippen LogP) is 4.14. The van der Waals surface area contributed by atoms with Crippen LogP contribution >= 0.6 is 34.4 Å². The van der Waals surface area contributed by atoms with Crippen molar-refractivity contribution in [3.8, 4) is 0 Å². The van der Waals surface area contributed by atoms with Gasteiger partial charge in [-0.25, -0.2) is 4.98 Å². The molecule has 3 aromatic rings. The summed E-state index contributed by atoms with van der Waals surface area (Å²) in [5.74, 6) is -4.40. The quantitative estimate of drug-likeness (QED) is 0.126. The van der Waals surface area contributed by atoms with Gasteiger partial charge in [0.1, 0.15) is 28.8 Å². The number of aliphatic hydroxyl groups is 2. The fourth-order valence-electron chi connectivity index (χ4n) is 11.8. The van der Waals surface area contributed by atoms with E-state index < -0.39 is 123 Å². The van der Waals surface area contributed by atoms with Crippen LogP contribution in [0.1, 0.15) is 79.7 Å². The van der Waals surface area contributed by atoms with E-state index in [0.717, 1.165) is 5.56 Å². The largest absolute Gasteiger partial charge is 0.453 e. The molecule has 0 spiro atoms. The fourth-order valence-corrected chi connectivity index (χ4v) is 14.0. The van der Waals surface area contributed by atoms with Gasteiger partial charge in [0.15, 0.2) is 33.8 Å². The molecule has 0 radical (unpaired) electrons. The van der Waals surface area contributed by atoms with E-state index >= 15 is 4.79 Å². The number of aliphatic hydroxyl groups excluding tert-OH is 2. The van der Waals surface area contributed by atoms with Gasteiger partial charge in [-0.2, -0.15) is 9.97 Å². The number of aryl methyl sites for hydroxylation is 1. The number of nitrogens with zero attached hydrogens (tertiary/aromatic N) is 6. The van der Waals surface area contributed by atoms with E-state index in [1.54, 1.807) is 53.5 Å². The van der Waals surface area contributed by atoms with Crippen LogP contribution in [0.3, 0.4) is 0 Å². The minimum Gasteiger partial charge on any atom is -0.453 e. The van der Waals surface area contributed by atoms with Crippen LogP contribution in [-0.4, -0.2) is 173 Å². The van der Waals surface area contributed by atoms with Gasteiger partial charge >= 0.3 is 11.9 Å². The second kappa shape index (κ2) is 22.3. The number of methoxy groups -OCH3 is 2. The highest BCUT2D eigenvalue weighted by atomic mass is 127. The summed E-state index contributed by atoms with van der Waals surface area (Å²) in [4.78, 5) is 63.9. The number of rotatable bonds is 10. The van der Waals surface area contributed by atoms with Crippen LogP contribution < -0.4 is 11.1 Å². The number of ketones is 1. The first kappa shape index (κ1) is 55.9. The zero-order valence-electron chi connectivity index (χ0n) is 43.5. The maximum absolute atomic E-state index is 15.2. The van der Waals surface area contributed by atoms with E-state index in [2.05, 4.69) is 20.3 Å². The lowest BCUT2D eigenvalue weighted by molar-refractivity contribution is -0.339. The number of alkyl halides is 1. The number of anilines is 2. The average Bonchev–Trinajstić information content (AvgIpc) is 3.89. The molecule has 0 saturated carbocycles. The molecule has 0 unspecified atom stereocenters. The van der Waals surface area contributed by atoms with E-state index in [1.165, 1.54) is 18.9 Å². The van der Waals surface area contributed by atoms with Gasteiger partial charge in [-0.3, -0.25) is 19.4 Å². The van der Waals surface area contributed by atoms with Crippen molar-refractivity contribution >= 4 is 75.0 Å². The molecule has 3 aromatic heterocycles. The van der Waals surface area contributed by atoms with Gasteiger partial charge in [0, 0.05) is 88.0 Å². The minimum absolute atomic E-state index is 0.115. The van der Waals surface area contributed by atoms with Gasteiger partial charge in [0.25, 0.3) is 0 Å². The number of hydrogen-bond acceptors (Lipinski definition) is 21. The first-order chi connectivity index (χ1) is 34.5. The Morgan fingerprint density at radius 2 is 1.66 bits per heavy atom. The Balaban J connectivity index is 1.12. The maximum atomic E-state index is 15.2. The number of nitrogens with one attached hydrogen (secondary N) is 1. The number of esters is 2. The van der Waals surface area contributed by atoms with Crippen LogP contribution in [0, 0.1) is 29.6 Å². The van der Waals surface area contributed by atoms with E-state index in [9.17, 15) is 19.8 Å². The molecule has 6 bridgehead atoms. The average molecular weight is 1150 g/mol. The zero-order chi connectivity index (χ0) is 52.9. The molecule has 8 rings (SSSR count). The summed E-state index contributed by atoms with van der Waals surface area (Å²) in [5, 5.41) is 26.1. The first-order valence-corrected chi connectivity index (χ1v) is 27.4. The molecule has 5 fully saturated rings. The summed E-state index contributed by atoms with van der Waals surface area (Å²) in [6.45, 7) is 13.4. The number of halogens is 1. The van der Waals surface area contributed by atoms with Crippen molar-refractivity contribution in [2.45, 2.75) is 169 Å². The van der Waals surface area contributed by atoms with Crippen LogP contribution in [0.4, 0.5) is 11.8 Å². The van der Waals surface area contributed by atoms with Crippen molar-refractivity contribution < 1.29 is 62.5 Å². The number of hydrogen-bond donors (Lipinski definition) is 4. The standard InChI is InChI=1S/C50H73IN8O13S/c1-24-20-49(6,66-11)40-26(3)37(69-32-21-48(5,65-10)39(62)31(68-32)19-29-18-30(58(8)9)36(61)45(67-29)70-40)27(4)43(63)71-46(51)50(7)33(25(2)35(24)60)38(44(64)72-50)73-17-16-59-23-55-34-41(52)56-47(57-42(34)59)54-22-28-12-14-53-15-13-28/h12-15,23-27,29-33,36-40,45-46,61-62H,16-22H2,1-11H3,(H3,52,54,56,57)/t24-,25-,26+,27-,29+,30+,31+,32+,33+,36-,37+,38+,39+,40-,45+,46+,48-,49-,50+/m1/s1. The number of nitrogen functional groups attached to an aromatic ring is 1. The molecule has 0 amide bonds. The Morgan fingerprint density at radius 1 is 0.945 bits per heavy atom. The molecule has 23 heteroatoms. The molecule has 5 aliphatic heterocycles. The second-order valence-corrected chi connectivity index (χ2v) is 23.8. The number of cyclic esters (lactones) is 1. The summed E-state index contributed by atoms with van der Waals surface area (Å²) < 4.78 is 53.2. The number of carbonyl (C=O) groups is 3. The highest BCUT2D eigenvalue weighted by Gasteiger charge is 2.62. The molecular weight excluding hydrogens is 1080 g/mol. The molecule has 0 aliphatic carbocycles. The van der Waals surface area contributed by atoms with Gasteiger partial charge in [-0.1, -0.05) is 20.8 Å². The van der Waals surface area contributed by atoms with Gasteiger partial charge in [0.2, 0.25) is 5.95 Å². The Bertz CT molecular complexity index is 2450. The molecule has 8 heterocycles. The Labute approximate surface area is 444 Å². The third-order valence-corrected chi connectivity index (χ3v) is 19.0. The molecule has 5 aliphatic rings. The lowest BCUT2D eigenvalue weighted by Gasteiger charge is -2.52. The highest BCUT2D eigenvalue weighted by molar-refractivity contribution is 14.1. The molecule has 21 nitrogen and oxygen atoms in total. The van der Waals surface area contributed by atoms with Crippen LogP contribution in [0.25, 0.3) is 11.2 Å². The number of imidazole rings is 1. The molecule has 73 heavy (non-hydrogen) atoms. The Hall–Kier alpha value is -3.37. The molecule has 404 valence electrons. The Morgan fingerprint density at radius 3 is 2.34 bits per heavy atom. The van der Waals surface area contributed by atoms with Crippen molar-refractivity contribution in [1.29, 1.82) is 0 Å². The molecular formula is C50H73IN8O13S. The van der Waals surface area contributed by atoms with Crippen molar-refractivity contribution in [1.82, 2.24) is 29.4 Å². The SMILES string of the molecule is CO[C@]1(C)C[C@@H](C)C(=O)[C@H](C)[C@H]2[C@H](SCCn3cnc4c(N)nc(NCc5ccncc5)nc43)C(=O)O[C@]2(C)[C@@H](I)OC(=O)[C@H](C)[C@H]2O[C@H]3C[C@@](C)(OC)[C@@H](O)[C@H](C[C@@H]4C[C@H](N(C)C)[C@@H](O)[C@@H](O4)O[C@@H]1[C@H]2C)O3. The van der Waals surface area contributed by atoms with Gasteiger partial charge in [-0.05, 0) is 94.9 Å². The smallest absolute Gasteiger partial charge is 0.320 e. The number of fused-ring (bicyclic) bond motifs is 8. The van der Waals surface area contributed by atoms with Crippen molar-refractivity contribution in [2.24, 2.45) is 29.6 Å². The number of carbonyl (C=O) groups excluding carboxylic acids is 3. The van der Waals surface area contributed by atoms with Crippen LogP contribution in [-0.2, 0) is 65.4 Å². The normalized spacial score (nSPS) is 40.7. The lowest BCUT2D eigenvalue weighted by atomic mass is 9.72. The molecule has 5 saturated heterocycles. The number of Topliss-reactive ketones (excluding diaryl/α,β-unsaturated/α-hetero) is 1. The molecule has 5 N–H and O–H groups in total. The summed E-state index contributed by atoms with van der Waals surface area (Å²) >= 11 is 3.34. The number of likely N-dealkylation sites (N-methyl/N-ethyl adjacent to an activating group) is 1. The number of aromatic nitrogens is 5. The third-order valence-electron chi connectivity index (χ3n) is 16.2. The molecule has 19 atom stereocenters. The monoisotopic (exact) mass is 1150 g/mol. The predicted molar refractivity (Wildman–Crippen MR) is 277 cm³/mol. The minimum atomic E-state index is -1.46. The maximum Gasteiger partial charge on any atom is 0.320 e. The fraction of sp³-hybridized carbons (Fsp3) is 0.740. The number of thioether (sulfide) groups is 1. The van der Waals surface area contributed by atoms with Gasteiger partial charge < -0.3 is 68.6 Å². The third kappa shape index (κ3) is 11.1. The summed E-state index contributed by atoms with van der Waals surface area (Å²) in [6.07, 6.45) is -1.81. The van der Waals surface area contributed by atoms with E-state index in [-0.39, 0.29) is 30.9 Å². The topological polar surface area (TPSA) is 263 Å². The summed E-state index contributed by atoms with van der Waals surface area (Å²) in [6, 6.07) is 3.36. The van der Waals surface area contributed by atoms with Crippen LogP contribution in [0.2, 0.25) is 0 Å². The van der Waals surface area contributed by atoms with Crippen molar-refractivity contribution in [3.63, 3.8) is 0 Å². The highest BCUT2D eigenvalue weighted by Crippen LogP contribution is 2.50. The van der Waals surface area contributed by atoms with Crippen molar-refractivity contribution in [2.75, 3.05) is 45.1 Å². The lowest BCUT2D eigenvalue weighted by Crippen LogP contribution is -2.63. The summed E-state index contributed by atoms with van der Waals surface area (Å²) in [7, 11) is 6.82. The summed E-state index contributed by atoms with van der Waals surface area (Å²) in [5.41, 5.74) is 4.43. The Kier molecular flexibility index (Phi) is 17.1. The van der Waals surface area contributed by atoms with Crippen LogP contribution in [0.5, 0.6) is 0 Å². The second-order valence-electron chi connectivity index (χ2n) is 21.4. The van der Waals surface area contributed by atoms with Crippen LogP contribution in [0.15, 0.2) is 30.9 Å². The van der Waals surface area contributed by atoms with Gasteiger partial charge in [-0.15, -0.1) is 11.8 Å². The van der Waals surface area contributed by atoms with E-state index in [4.69, 9.17) is 48.6 Å². The molecule has 0 aromatic carbocycles.